The number of anilines is 1. The summed E-state index contributed by atoms with van der Waals surface area (Å²) in [5, 5.41) is 10.7. The van der Waals surface area contributed by atoms with E-state index in [0.717, 1.165) is 31.3 Å². The van der Waals surface area contributed by atoms with E-state index in [2.05, 4.69) is 46.0 Å². The number of hydrogen-bond acceptors (Lipinski definition) is 5. The van der Waals surface area contributed by atoms with Gasteiger partial charge in [-0.2, -0.15) is 4.99 Å². The van der Waals surface area contributed by atoms with Crippen LogP contribution >= 0.6 is 11.8 Å². The van der Waals surface area contributed by atoms with Crippen LogP contribution in [-0.4, -0.2) is 47.3 Å². The van der Waals surface area contributed by atoms with E-state index >= 15 is 0 Å². The molecule has 0 unspecified atom stereocenters. The predicted octanol–water partition coefficient (Wildman–Crippen LogP) is 3.49. The summed E-state index contributed by atoms with van der Waals surface area (Å²) in [6, 6.07) is 15.4. The Balaban J connectivity index is 1.43. The summed E-state index contributed by atoms with van der Waals surface area (Å²) in [5.41, 5.74) is 3.19. The van der Waals surface area contributed by atoms with Gasteiger partial charge < -0.3 is 14.9 Å². The Hall–Kier alpha value is -2.73. The van der Waals surface area contributed by atoms with Crippen LogP contribution in [0.5, 0.6) is 5.75 Å². The molecule has 2 heterocycles. The molecule has 1 N–H and O–H groups in total. The third-order valence-electron chi connectivity index (χ3n) is 4.84. The van der Waals surface area contributed by atoms with Gasteiger partial charge in [0.1, 0.15) is 5.75 Å². The zero-order valence-electron chi connectivity index (χ0n) is 15.1. The van der Waals surface area contributed by atoms with Gasteiger partial charge in [0.05, 0.1) is 4.91 Å². The van der Waals surface area contributed by atoms with E-state index in [0.29, 0.717) is 10.5 Å². The van der Waals surface area contributed by atoms with Crippen LogP contribution in [0, 0.1) is 6.92 Å². The Morgan fingerprint density at radius 3 is 2.41 bits per heavy atom. The molecule has 0 radical (unpaired) electrons. The number of nitrogens with zero attached hydrogens (tertiary/aromatic N) is 3. The molecule has 2 aliphatic rings. The van der Waals surface area contributed by atoms with Gasteiger partial charge in [0.25, 0.3) is 5.91 Å². The number of aryl methyl sites for hydroxylation is 1. The smallest absolute Gasteiger partial charge is 0.286 e. The lowest BCUT2D eigenvalue weighted by Gasteiger charge is -2.37. The molecule has 27 heavy (non-hydrogen) atoms. The maximum atomic E-state index is 12.3. The van der Waals surface area contributed by atoms with E-state index < -0.39 is 0 Å². The topological polar surface area (TPSA) is 56.1 Å². The number of carbonyl (C=O) groups excluding carboxylic acids is 1. The molecule has 2 aromatic carbocycles. The van der Waals surface area contributed by atoms with E-state index in [1.807, 2.05) is 6.07 Å². The molecule has 0 saturated carbocycles. The number of piperazine rings is 1. The third kappa shape index (κ3) is 3.71. The Labute approximate surface area is 163 Å². The fourth-order valence-electron chi connectivity index (χ4n) is 3.34. The normalized spacial score (nSPS) is 18.9. The molecule has 1 saturated heterocycles. The second-order valence-electron chi connectivity index (χ2n) is 6.63. The quantitative estimate of drug-likeness (QED) is 0.810. The summed E-state index contributed by atoms with van der Waals surface area (Å²) in [5.74, 6) is -0.0710. The molecule has 2 aromatic rings. The Morgan fingerprint density at radius 2 is 1.67 bits per heavy atom. The van der Waals surface area contributed by atoms with Crippen molar-refractivity contribution >= 4 is 34.6 Å². The third-order valence-corrected chi connectivity index (χ3v) is 5.88. The van der Waals surface area contributed by atoms with Crippen molar-refractivity contribution in [3.63, 3.8) is 0 Å². The van der Waals surface area contributed by atoms with Crippen LogP contribution in [0.1, 0.15) is 11.1 Å². The highest BCUT2D eigenvalue weighted by molar-refractivity contribution is 8.18. The first-order valence-corrected chi connectivity index (χ1v) is 9.79. The van der Waals surface area contributed by atoms with Crippen molar-refractivity contribution in [1.82, 2.24) is 4.90 Å². The lowest BCUT2D eigenvalue weighted by molar-refractivity contribution is -0.113. The lowest BCUT2D eigenvalue weighted by Crippen LogP contribution is -2.48. The van der Waals surface area contributed by atoms with E-state index in [1.165, 1.54) is 23.0 Å². The Morgan fingerprint density at radius 1 is 1.00 bits per heavy atom. The van der Waals surface area contributed by atoms with Crippen molar-refractivity contribution in [2.24, 2.45) is 4.99 Å². The number of benzene rings is 2. The number of thioether (sulfide) groups is 1. The highest BCUT2D eigenvalue weighted by Crippen LogP contribution is 2.32. The standard InChI is InChI=1S/C21H21N3O2S/c1-15-6-2-4-8-17(15)23-10-12-24(13-11-23)21-22-20(26)19(27-21)14-16-7-3-5-9-18(16)25/h2-9,14,25H,10-13H2,1H3/b19-14+. The van der Waals surface area contributed by atoms with E-state index in [-0.39, 0.29) is 11.7 Å². The minimum Gasteiger partial charge on any atom is -0.507 e. The van der Waals surface area contributed by atoms with Gasteiger partial charge >= 0.3 is 0 Å². The van der Waals surface area contributed by atoms with Gasteiger partial charge in [-0.15, -0.1) is 0 Å². The van der Waals surface area contributed by atoms with Crippen molar-refractivity contribution in [3.8, 4) is 5.75 Å². The van der Waals surface area contributed by atoms with Crippen LogP contribution in [0.2, 0.25) is 0 Å². The van der Waals surface area contributed by atoms with E-state index in [9.17, 15) is 9.90 Å². The largest absolute Gasteiger partial charge is 0.507 e. The molecule has 0 bridgehead atoms. The first-order valence-electron chi connectivity index (χ1n) is 8.98. The highest BCUT2D eigenvalue weighted by atomic mass is 32.2. The minimum atomic E-state index is -0.236. The van der Waals surface area contributed by atoms with Gasteiger partial charge in [-0.05, 0) is 42.5 Å². The fraction of sp³-hybridized carbons (Fsp3) is 0.238. The van der Waals surface area contributed by atoms with Crippen molar-refractivity contribution in [2.75, 3.05) is 31.1 Å². The van der Waals surface area contributed by atoms with Crippen LogP contribution < -0.4 is 4.90 Å². The van der Waals surface area contributed by atoms with Gasteiger partial charge in [0, 0.05) is 37.4 Å². The number of phenols is 1. The number of aliphatic imine (C=N–C) groups is 1. The monoisotopic (exact) mass is 379 g/mol. The molecule has 1 fully saturated rings. The average Bonchev–Trinajstić information content (AvgIpc) is 3.05. The molecule has 138 valence electrons. The van der Waals surface area contributed by atoms with E-state index in [1.54, 1.807) is 24.3 Å². The van der Waals surface area contributed by atoms with Crippen molar-refractivity contribution in [2.45, 2.75) is 6.92 Å². The average molecular weight is 379 g/mol. The minimum absolute atomic E-state index is 0.165. The van der Waals surface area contributed by atoms with Crippen LogP contribution in [0.25, 0.3) is 6.08 Å². The molecule has 0 atom stereocenters. The molecule has 6 heteroatoms. The number of hydrogen-bond donors (Lipinski definition) is 1. The summed E-state index contributed by atoms with van der Waals surface area (Å²) < 4.78 is 0. The van der Waals surface area contributed by atoms with Crippen molar-refractivity contribution in [1.29, 1.82) is 0 Å². The second kappa shape index (κ2) is 7.48. The maximum absolute atomic E-state index is 12.3. The van der Waals surface area contributed by atoms with Gasteiger partial charge in [-0.1, -0.05) is 36.4 Å². The molecule has 2 aliphatic heterocycles. The first-order chi connectivity index (χ1) is 13.1. The predicted molar refractivity (Wildman–Crippen MR) is 111 cm³/mol. The summed E-state index contributed by atoms with van der Waals surface area (Å²) in [4.78, 5) is 21.6. The Bertz CT molecular complexity index is 931. The summed E-state index contributed by atoms with van der Waals surface area (Å²) in [6.07, 6.45) is 1.71. The summed E-state index contributed by atoms with van der Waals surface area (Å²) in [6.45, 7) is 5.59. The zero-order chi connectivity index (χ0) is 18.8. The molecular formula is C21H21N3O2S. The van der Waals surface area contributed by atoms with Crippen molar-refractivity contribution in [3.05, 3.63) is 64.6 Å². The highest BCUT2D eigenvalue weighted by Gasteiger charge is 2.28. The number of amides is 1. The number of amidine groups is 1. The molecular weight excluding hydrogens is 358 g/mol. The maximum Gasteiger partial charge on any atom is 0.286 e. The van der Waals surface area contributed by atoms with Crippen LogP contribution in [0.4, 0.5) is 5.69 Å². The van der Waals surface area contributed by atoms with Crippen LogP contribution in [0.15, 0.2) is 58.4 Å². The molecule has 0 aliphatic carbocycles. The lowest BCUT2D eigenvalue weighted by atomic mass is 10.1. The molecule has 0 spiro atoms. The number of rotatable bonds is 2. The Kier molecular flexibility index (Phi) is 4.90. The summed E-state index contributed by atoms with van der Waals surface area (Å²) in [7, 11) is 0. The first kappa shape index (κ1) is 17.7. The number of carbonyl (C=O) groups is 1. The molecule has 5 nitrogen and oxygen atoms in total. The number of phenolic OH excluding ortho intramolecular Hbond substituents is 1. The SMILES string of the molecule is Cc1ccccc1N1CCN(C2=NC(=O)/C(=C\c3ccccc3O)S2)CC1. The fourth-order valence-corrected chi connectivity index (χ4v) is 4.30. The van der Waals surface area contributed by atoms with Gasteiger partial charge in [-0.3, -0.25) is 4.79 Å². The summed E-state index contributed by atoms with van der Waals surface area (Å²) >= 11 is 1.39. The van der Waals surface area contributed by atoms with Crippen LogP contribution in [0.3, 0.4) is 0 Å². The van der Waals surface area contributed by atoms with Crippen molar-refractivity contribution < 1.29 is 9.90 Å². The molecule has 0 aromatic heterocycles. The second-order valence-corrected chi connectivity index (χ2v) is 7.64. The van der Waals surface area contributed by atoms with Gasteiger partial charge in [0.2, 0.25) is 0 Å². The van der Waals surface area contributed by atoms with Gasteiger partial charge in [0.15, 0.2) is 5.17 Å². The molecule has 1 amide bonds. The van der Waals surface area contributed by atoms with Crippen LogP contribution in [-0.2, 0) is 4.79 Å². The number of aromatic hydroxyl groups is 1. The van der Waals surface area contributed by atoms with Gasteiger partial charge in [-0.25, -0.2) is 0 Å². The number of para-hydroxylation sites is 2. The van der Waals surface area contributed by atoms with E-state index in [4.69, 9.17) is 0 Å². The zero-order valence-corrected chi connectivity index (χ0v) is 15.9. The molecule has 4 rings (SSSR count).